The highest BCUT2D eigenvalue weighted by atomic mass is 35.5. The van der Waals surface area contributed by atoms with Crippen LogP contribution in [0.5, 0.6) is 5.75 Å². The van der Waals surface area contributed by atoms with Gasteiger partial charge in [0.1, 0.15) is 5.75 Å². The van der Waals surface area contributed by atoms with E-state index in [1.165, 1.54) is 6.92 Å². The maximum absolute atomic E-state index is 10.0. The molecule has 0 fully saturated rings. The molecular weight excluding hydrogens is 266 g/mol. The summed E-state index contributed by atoms with van der Waals surface area (Å²) in [7, 11) is -3.88. The zero-order valence-corrected chi connectivity index (χ0v) is 11.2. The van der Waals surface area contributed by atoms with Gasteiger partial charge in [-0.3, -0.25) is 4.55 Å². The minimum atomic E-state index is -3.88. The highest BCUT2D eigenvalue weighted by Gasteiger charge is 2.13. The Morgan fingerprint density at radius 2 is 2.00 bits per heavy atom. The Balaban J connectivity index is 0.000000304. The first-order valence-electron chi connectivity index (χ1n) is 4.80. The smallest absolute Gasteiger partial charge is 0.268 e. The Morgan fingerprint density at radius 3 is 2.24 bits per heavy atom. The summed E-state index contributed by atoms with van der Waals surface area (Å²) in [6, 6.07) is 4.86. The van der Waals surface area contributed by atoms with Crippen molar-refractivity contribution in [2.24, 2.45) is 5.73 Å². The Bertz CT molecular complexity index is 461. The Labute approximate surface area is 106 Å². The molecule has 0 saturated heterocycles. The third-order valence-corrected chi connectivity index (χ3v) is 3.62. The van der Waals surface area contributed by atoms with Gasteiger partial charge in [-0.1, -0.05) is 11.6 Å². The lowest BCUT2D eigenvalue weighted by molar-refractivity contribution is 0.470. The Hall–Kier alpha value is -0.820. The summed E-state index contributed by atoms with van der Waals surface area (Å²) >= 11 is 5.67. The number of phenolic OH excluding ortho intramolecular Hbond substituents is 1. The molecule has 1 aromatic carbocycles. The fourth-order valence-corrected chi connectivity index (χ4v) is 1.11. The minimum absolute atomic E-state index is 0.0428. The molecule has 0 spiro atoms. The lowest BCUT2D eigenvalue weighted by Crippen LogP contribution is -2.25. The summed E-state index contributed by atoms with van der Waals surface area (Å²) in [6.07, 6.45) is 0. The van der Waals surface area contributed by atoms with E-state index in [9.17, 15) is 8.42 Å². The van der Waals surface area contributed by atoms with Gasteiger partial charge in [0.15, 0.2) is 0 Å². The van der Waals surface area contributed by atoms with E-state index in [4.69, 9.17) is 27.0 Å². The Morgan fingerprint density at radius 1 is 1.47 bits per heavy atom. The van der Waals surface area contributed by atoms with Crippen molar-refractivity contribution < 1.29 is 18.1 Å². The van der Waals surface area contributed by atoms with Crippen molar-refractivity contribution in [2.45, 2.75) is 19.1 Å². The van der Waals surface area contributed by atoms with Crippen molar-refractivity contribution in [2.75, 3.05) is 6.54 Å². The largest absolute Gasteiger partial charge is 0.508 e. The van der Waals surface area contributed by atoms with Crippen LogP contribution in [0.4, 0.5) is 0 Å². The van der Waals surface area contributed by atoms with Crippen LogP contribution in [0.15, 0.2) is 18.2 Å². The summed E-state index contributed by atoms with van der Waals surface area (Å²) in [6.45, 7) is 3.15. The van der Waals surface area contributed by atoms with Crippen LogP contribution >= 0.6 is 11.6 Å². The number of hydrogen-bond donors (Lipinski definition) is 3. The van der Waals surface area contributed by atoms with Gasteiger partial charge in [0.2, 0.25) is 0 Å². The molecule has 4 N–H and O–H groups in total. The number of rotatable bonds is 2. The molecule has 1 unspecified atom stereocenters. The molecular formula is C10H16ClNO4S. The second kappa shape index (κ2) is 6.80. The fraction of sp³-hybridized carbons (Fsp3) is 0.400. The van der Waals surface area contributed by atoms with Crippen molar-refractivity contribution in [3.8, 4) is 5.75 Å². The van der Waals surface area contributed by atoms with Crippen LogP contribution in [0.2, 0.25) is 5.02 Å². The molecule has 0 saturated carbocycles. The first kappa shape index (κ1) is 16.2. The van der Waals surface area contributed by atoms with E-state index in [0.717, 1.165) is 5.56 Å². The average Bonchev–Trinajstić information content (AvgIpc) is 2.22. The minimum Gasteiger partial charge on any atom is -0.508 e. The van der Waals surface area contributed by atoms with Crippen LogP contribution in [0.1, 0.15) is 12.5 Å². The number of hydrogen-bond acceptors (Lipinski definition) is 4. The van der Waals surface area contributed by atoms with E-state index in [-0.39, 0.29) is 12.3 Å². The van der Waals surface area contributed by atoms with E-state index >= 15 is 0 Å². The lowest BCUT2D eigenvalue weighted by atomic mass is 10.2. The van der Waals surface area contributed by atoms with E-state index in [2.05, 4.69) is 0 Å². The molecule has 5 nitrogen and oxygen atoms in total. The zero-order valence-electron chi connectivity index (χ0n) is 9.59. The molecule has 0 heterocycles. The van der Waals surface area contributed by atoms with Gasteiger partial charge in [-0.05, 0) is 37.6 Å². The van der Waals surface area contributed by atoms with Crippen molar-refractivity contribution in [3.63, 3.8) is 0 Å². The first-order valence-corrected chi connectivity index (χ1v) is 6.68. The molecule has 0 aromatic heterocycles. The third-order valence-electron chi connectivity index (χ3n) is 1.98. The number of nitrogens with two attached hydrogens (primary N) is 1. The normalized spacial score (nSPS) is 12.5. The van der Waals surface area contributed by atoms with Crippen LogP contribution in [0.3, 0.4) is 0 Å². The third kappa shape index (κ3) is 6.48. The summed E-state index contributed by atoms with van der Waals surface area (Å²) < 4.78 is 28.3. The molecule has 1 aromatic rings. The zero-order chi connectivity index (χ0) is 13.6. The van der Waals surface area contributed by atoms with Crippen LogP contribution in [-0.2, 0) is 10.1 Å². The van der Waals surface area contributed by atoms with E-state index in [1.54, 1.807) is 18.2 Å². The lowest BCUT2D eigenvalue weighted by Gasteiger charge is -2.00. The molecule has 7 heteroatoms. The van der Waals surface area contributed by atoms with Crippen LogP contribution in [-0.4, -0.2) is 29.9 Å². The van der Waals surface area contributed by atoms with Crippen LogP contribution in [0.25, 0.3) is 0 Å². The molecule has 17 heavy (non-hydrogen) atoms. The number of benzene rings is 1. The molecule has 0 aliphatic carbocycles. The maximum atomic E-state index is 10.0. The Kier molecular flexibility index (Phi) is 6.48. The summed E-state index contributed by atoms with van der Waals surface area (Å²) in [5, 5.41) is 8.72. The number of phenols is 1. The van der Waals surface area contributed by atoms with Crippen molar-refractivity contribution in [1.82, 2.24) is 0 Å². The van der Waals surface area contributed by atoms with Crippen LogP contribution in [0, 0.1) is 6.92 Å². The molecule has 0 aliphatic heterocycles. The molecule has 0 amide bonds. The number of aromatic hydroxyl groups is 1. The van der Waals surface area contributed by atoms with Gasteiger partial charge in [0.05, 0.1) is 5.25 Å². The summed E-state index contributed by atoms with van der Waals surface area (Å²) in [5.41, 5.74) is 5.82. The van der Waals surface area contributed by atoms with Gasteiger partial charge >= 0.3 is 0 Å². The van der Waals surface area contributed by atoms with Gasteiger partial charge in [-0.2, -0.15) is 8.42 Å². The van der Waals surface area contributed by atoms with Crippen LogP contribution < -0.4 is 5.73 Å². The van der Waals surface area contributed by atoms with Gasteiger partial charge in [0, 0.05) is 11.6 Å². The van der Waals surface area contributed by atoms with E-state index in [0.29, 0.717) is 5.02 Å². The summed E-state index contributed by atoms with van der Waals surface area (Å²) in [5.74, 6) is 0.261. The average molecular weight is 282 g/mol. The quantitative estimate of drug-likeness (QED) is 0.715. The van der Waals surface area contributed by atoms with Gasteiger partial charge in [-0.25, -0.2) is 0 Å². The number of aryl methyl sites for hydroxylation is 1. The monoisotopic (exact) mass is 281 g/mol. The van der Waals surface area contributed by atoms with Gasteiger partial charge in [0.25, 0.3) is 10.1 Å². The van der Waals surface area contributed by atoms with Crippen molar-refractivity contribution in [1.29, 1.82) is 0 Å². The highest BCUT2D eigenvalue weighted by Crippen LogP contribution is 2.19. The predicted octanol–water partition coefficient (Wildman–Crippen LogP) is 1.58. The maximum Gasteiger partial charge on any atom is 0.268 e. The topological polar surface area (TPSA) is 101 Å². The van der Waals surface area contributed by atoms with E-state index in [1.807, 2.05) is 6.92 Å². The standard InChI is InChI=1S/C7H7ClO.C3H9NO3S/c1-5-4-6(9)2-3-7(5)8;1-3(2-4)8(5,6)7/h2-4,9H,1H3;3H,2,4H2,1H3,(H,5,6,7). The van der Waals surface area contributed by atoms with Crippen molar-refractivity contribution >= 4 is 21.7 Å². The highest BCUT2D eigenvalue weighted by molar-refractivity contribution is 7.86. The summed E-state index contributed by atoms with van der Waals surface area (Å²) in [4.78, 5) is 0. The molecule has 1 rings (SSSR count). The molecule has 1 atom stereocenters. The fourth-order valence-electron chi connectivity index (χ4n) is 0.750. The number of halogens is 1. The molecule has 0 aliphatic rings. The second-order valence-corrected chi connectivity index (χ2v) is 5.74. The second-order valence-electron chi connectivity index (χ2n) is 3.49. The first-order chi connectivity index (χ1) is 7.68. The van der Waals surface area contributed by atoms with Crippen molar-refractivity contribution in [3.05, 3.63) is 28.8 Å². The predicted molar refractivity (Wildman–Crippen MR) is 67.9 cm³/mol. The molecule has 98 valence electrons. The molecule has 0 bridgehead atoms. The van der Waals surface area contributed by atoms with Gasteiger partial charge in [-0.15, -0.1) is 0 Å². The molecule has 0 radical (unpaired) electrons. The SMILES string of the molecule is CC(CN)S(=O)(=O)O.Cc1cc(O)ccc1Cl. The van der Waals surface area contributed by atoms with E-state index < -0.39 is 15.4 Å². The van der Waals surface area contributed by atoms with Gasteiger partial charge < -0.3 is 10.8 Å².